The Labute approximate surface area is 110 Å². The molecule has 1 unspecified atom stereocenters. The third-order valence-corrected chi connectivity index (χ3v) is 3.59. The Kier molecular flexibility index (Phi) is 4.44. The summed E-state index contributed by atoms with van der Waals surface area (Å²) in [6, 6.07) is 0. The lowest BCUT2D eigenvalue weighted by atomic mass is 9.98. The van der Waals surface area contributed by atoms with Crippen LogP contribution in [0.3, 0.4) is 0 Å². The standard InChI is InChI=1S/C12H19F3N4/c13-12(14,15)9-5-6-11-18-17-10(19(11)8-9)4-2-1-3-7-16/h9H,1-8,16H2. The molecule has 0 bridgehead atoms. The molecule has 0 spiro atoms. The van der Waals surface area contributed by atoms with E-state index in [9.17, 15) is 13.2 Å². The molecule has 19 heavy (non-hydrogen) atoms. The van der Waals surface area contributed by atoms with Gasteiger partial charge in [0.15, 0.2) is 0 Å². The van der Waals surface area contributed by atoms with E-state index in [2.05, 4.69) is 10.2 Å². The van der Waals surface area contributed by atoms with E-state index >= 15 is 0 Å². The Balaban J connectivity index is 1.99. The normalized spacial score (nSPS) is 19.5. The summed E-state index contributed by atoms with van der Waals surface area (Å²) in [5.41, 5.74) is 5.41. The van der Waals surface area contributed by atoms with Crippen molar-refractivity contribution >= 4 is 0 Å². The first-order valence-corrected chi connectivity index (χ1v) is 6.70. The number of aryl methyl sites for hydroxylation is 2. The van der Waals surface area contributed by atoms with Crippen LogP contribution in [0, 0.1) is 5.92 Å². The molecule has 0 saturated carbocycles. The smallest absolute Gasteiger partial charge is 0.330 e. The second-order valence-electron chi connectivity index (χ2n) is 5.02. The summed E-state index contributed by atoms with van der Waals surface area (Å²) >= 11 is 0. The minimum Gasteiger partial charge on any atom is -0.330 e. The third-order valence-electron chi connectivity index (χ3n) is 3.59. The van der Waals surface area contributed by atoms with Crippen LogP contribution in [-0.4, -0.2) is 27.5 Å². The molecular formula is C12H19F3N4. The molecule has 2 rings (SSSR count). The molecule has 2 heterocycles. The number of nitrogens with two attached hydrogens (primary N) is 1. The Hall–Kier alpha value is -1.11. The Bertz CT molecular complexity index is 414. The van der Waals surface area contributed by atoms with E-state index in [1.54, 1.807) is 4.57 Å². The number of unbranched alkanes of at least 4 members (excludes halogenated alkanes) is 2. The highest BCUT2D eigenvalue weighted by molar-refractivity contribution is 5.01. The van der Waals surface area contributed by atoms with Gasteiger partial charge in [0.2, 0.25) is 0 Å². The molecule has 0 radical (unpaired) electrons. The summed E-state index contributed by atoms with van der Waals surface area (Å²) in [4.78, 5) is 0. The Morgan fingerprint density at radius 2 is 2.00 bits per heavy atom. The van der Waals surface area contributed by atoms with Crippen molar-refractivity contribution < 1.29 is 13.2 Å². The van der Waals surface area contributed by atoms with Crippen LogP contribution in [0.4, 0.5) is 13.2 Å². The molecule has 0 aromatic carbocycles. The lowest BCUT2D eigenvalue weighted by molar-refractivity contribution is -0.182. The van der Waals surface area contributed by atoms with E-state index < -0.39 is 12.1 Å². The quantitative estimate of drug-likeness (QED) is 0.838. The van der Waals surface area contributed by atoms with E-state index in [0.717, 1.165) is 19.3 Å². The lowest BCUT2D eigenvalue weighted by Crippen LogP contribution is -2.32. The third kappa shape index (κ3) is 3.46. The van der Waals surface area contributed by atoms with Crippen molar-refractivity contribution in [2.24, 2.45) is 11.7 Å². The average molecular weight is 276 g/mol. The van der Waals surface area contributed by atoms with Crippen LogP contribution in [-0.2, 0) is 19.4 Å². The number of halogens is 3. The molecular weight excluding hydrogens is 257 g/mol. The molecule has 4 nitrogen and oxygen atoms in total. The van der Waals surface area contributed by atoms with E-state index in [0.29, 0.717) is 31.0 Å². The highest BCUT2D eigenvalue weighted by Crippen LogP contribution is 2.34. The van der Waals surface area contributed by atoms with Gasteiger partial charge in [-0.2, -0.15) is 13.2 Å². The fourth-order valence-electron chi connectivity index (χ4n) is 2.44. The molecule has 1 aliphatic heterocycles. The SMILES string of the molecule is NCCCCCc1nnc2n1CC(C(F)(F)F)CC2. The van der Waals surface area contributed by atoms with Crippen LogP contribution in [0.1, 0.15) is 37.3 Å². The van der Waals surface area contributed by atoms with Gasteiger partial charge in [0.05, 0.1) is 5.92 Å². The largest absolute Gasteiger partial charge is 0.393 e. The first kappa shape index (κ1) is 14.3. The zero-order valence-corrected chi connectivity index (χ0v) is 10.8. The summed E-state index contributed by atoms with van der Waals surface area (Å²) in [6.45, 7) is 0.617. The van der Waals surface area contributed by atoms with Crippen LogP contribution >= 0.6 is 0 Å². The molecule has 1 aliphatic rings. The fraction of sp³-hybridized carbons (Fsp3) is 0.833. The van der Waals surface area contributed by atoms with Gasteiger partial charge in [-0.1, -0.05) is 6.42 Å². The average Bonchev–Trinajstić information content (AvgIpc) is 2.76. The number of aromatic nitrogens is 3. The minimum absolute atomic E-state index is 0.0297. The first-order chi connectivity index (χ1) is 9.02. The van der Waals surface area contributed by atoms with Gasteiger partial charge in [-0.05, 0) is 25.8 Å². The van der Waals surface area contributed by atoms with Crippen molar-refractivity contribution in [2.75, 3.05) is 6.54 Å². The highest BCUT2D eigenvalue weighted by Gasteiger charge is 2.42. The van der Waals surface area contributed by atoms with Crippen molar-refractivity contribution in [3.63, 3.8) is 0 Å². The summed E-state index contributed by atoms with van der Waals surface area (Å²) < 4.78 is 39.9. The Morgan fingerprint density at radius 3 is 2.68 bits per heavy atom. The van der Waals surface area contributed by atoms with Gasteiger partial charge in [-0.3, -0.25) is 0 Å². The van der Waals surface area contributed by atoms with Gasteiger partial charge in [0.1, 0.15) is 11.6 Å². The molecule has 1 aromatic rings. The van der Waals surface area contributed by atoms with Gasteiger partial charge in [-0.15, -0.1) is 10.2 Å². The van der Waals surface area contributed by atoms with Crippen molar-refractivity contribution in [3.8, 4) is 0 Å². The molecule has 7 heteroatoms. The second-order valence-corrected chi connectivity index (χ2v) is 5.02. The predicted molar refractivity (Wildman–Crippen MR) is 64.5 cm³/mol. The highest BCUT2D eigenvalue weighted by atomic mass is 19.4. The van der Waals surface area contributed by atoms with Crippen LogP contribution in [0.5, 0.6) is 0 Å². The van der Waals surface area contributed by atoms with Gasteiger partial charge >= 0.3 is 6.18 Å². The molecule has 1 atom stereocenters. The van der Waals surface area contributed by atoms with E-state index in [-0.39, 0.29) is 13.0 Å². The summed E-state index contributed by atoms with van der Waals surface area (Å²) in [6.07, 6.45) is -0.162. The number of fused-ring (bicyclic) bond motifs is 1. The maximum Gasteiger partial charge on any atom is 0.393 e. The number of alkyl halides is 3. The lowest BCUT2D eigenvalue weighted by Gasteiger charge is -2.26. The minimum atomic E-state index is -4.13. The van der Waals surface area contributed by atoms with Crippen molar-refractivity contribution in [1.82, 2.24) is 14.8 Å². The van der Waals surface area contributed by atoms with E-state index in [1.165, 1.54) is 0 Å². The molecule has 2 N–H and O–H groups in total. The van der Waals surface area contributed by atoms with Crippen LogP contribution < -0.4 is 5.73 Å². The second kappa shape index (κ2) is 5.90. The maximum atomic E-state index is 12.8. The molecule has 0 amide bonds. The summed E-state index contributed by atoms with van der Waals surface area (Å²) in [7, 11) is 0. The monoisotopic (exact) mass is 276 g/mol. The number of rotatable bonds is 5. The topological polar surface area (TPSA) is 56.7 Å². The number of hydrogen-bond acceptors (Lipinski definition) is 3. The molecule has 0 fully saturated rings. The number of nitrogens with zero attached hydrogens (tertiary/aromatic N) is 3. The van der Waals surface area contributed by atoms with Crippen molar-refractivity contribution in [1.29, 1.82) is 0 Å². The van der Waals surface area contributed by atoms with Crippen molar-refractivity contribution in [2.45, 2.75) is 51.2 Å². The molecule has 1 aromatic heterocycles. The number of hydrogen-bond donors (Lipinski definition) is 1. The zero-order valence-electron chi connectivity index (χ0n) is 10.8. The van der Waals surface area contributed by atoms with Gasteiger partial charge in [0.25, 0.3) is 0 Å². The van der Waals surface area contributed by atoms with Crippen LogP contribution in [0.2, 0.25) is 0 Å². The predicted octanol–water partition coefficient (Wildman–Crippen LogP) is 2.07. The summed E-state index contributed by atoms with van der Waals surface area (Å²) in [5, 5.41) is 8.02. The van der Waals surface area contributed by atoms with Crippen LogP contribution in [0.25, 0.3) is 0 Å². The summed E-state index contributed by atoms with van der Waals surface area (Å²) in [5.74, 6) is 0.106. The van der Waals surface area contributed by atoms with Gasteiger partial charge in [0, 0.05) is 19.4 Å². The van der Waals surface area contributed by atoms with Crippen molar-refractivity contribution in [3.05, 3.63) is 11.6 Å². The maximum absolute atomic E-state index is 12.8. The van der Waals surface area contributed by atoms with E-state index in [1.807, 2.05) is 0 Å². The molecule has 0 aliphatic carbocycles. The van der Waals surface area contributed by atoms with Gasteiger partial charge < -0.3 is 10.3 Å². The van der Waals surface area contributed by atoms with Crippen LogP contribution in [0.15, 0.2) is 0 Å². The zero-order chi connectivity index (χ0) is 13.9. The van der Waals surface area contributed by atoms with Gasteiger partial charge in [-0.25, -0.2) is 0 Å². The first-order valence-electron chi connectivity index (χ1n) is 6.70. The molecule has 108 valence electrons. The molecule has 0 saturated heterocycles. The Morgan fingerprint density at radius 1 is 1.21 bits per heavy atom. The van der Waals surface area contributed by atoms with E-state index in [4.69, 9.17) is 5.73 Å². The fourth-order valence-corrected chi connectivity index (χ4v) is 2.44.